The number of pyridine rings is 1. The Morgan fingerprint density at radius 3 is 2.41 bits per heavy atom. The third-order valence-electron chi connectivity index (χ3n) is 4.40. The zero-order valence-electron chi connectivity index (χ0n) is 12.8. The van der Waals surface area contributed by atoms with E-state index in [0.717, 1.165) is 31.4 Å². The smallest absolute Gasteiger partial charge is 0.225 e. The summed E-state index contributed by atoms with van der Waals surface area (Å²) in [6, 6.07) is 14.4. The Labute approximate surface area is 132 Å². The van der Waals surface area contributed by atoms with Crippen LogP contribution in [0.1, 0.15) is 30.4 Å². The van der Waals surface area contributed by atoms with E-state index in [1.165, 1.54) is 12.0 Å². The van der Waals surface area contributed by atoms with Crippen molar-refractivity contribution in [1.29, 1.82) is 0 Å². The third-order valence-corrected chi connectivity index (χ3v) is 4.40. The molecule has 3 heteroatoms. The maximum Gasteiger partial charge on any atom is 0.225 e. The largest absolute Gasteiger partial charge is 0.338 e. The Hall–Kier alpha value is -2.16. The summed E-state index contributed by atoms with van der Waals surface area (Å²) < 4.78 is 0. The Kier molecular flexibility index (Phi) is 4.84. The molecule has 0 N–H and O–H groups in total. The predicted molar refractivity (Wildman–Crippen MR) is 87.1 cm³/mol. The average Bonchev–Trinajstić information content (AvgIpc) is 2.51. The highest BCUT2D eigenvalue weighted by Gasteiger charge is 2.29. The van der Waals surface area contributed by atoms with Crippen LogP contribution in [0.5, 0.6) is 0 Å². The van der Waals surface area contributed by atoms with Crippen molar-refractivity contribution >= 4 is 5.91 Å². The molecule has 0 unspecified atom stereocenters. The number of hydrogen-bond donors (Lipinski definition) is 0. The number of rotatable bonds is 6. The lowest BCUT2D eigenvalue weighted by Crippen LogP contribution is -2.39. The molecule has 1 aliphatic rings. The number of amides is 1. The molecule has 1 amide bonds. The van der Waals surface area contributed by atoms with E-state index in [4.69, 9.17) is 0 Å². The van der Waals surface area contributed by atoms with Crippen LogP contribution in [-0.4, -0.2) is 22.3 Å². The second-order valence-electron chi connectivity index (χ2n) is 5.98. The van der Waals surface area contributed by atoms with Gasteiger partial charge in [0.2, 0.25) is 5.91 Å². The maximum absolute atomic E-state index is 12.7. The summed E-state index contributed by atoms with van der Waals surface area (Å²) in [5, 5.41) is 0. The fourth-order valence-electron chi connectivity index (χ4n) is 2.80. The summed E-state index contributed by atoms with van der Waals surface area (Å²) in [5.74, 6) is 0.566. The van der Waals surface area contributed by atoms with Gasteiger partial charge in [0.1, 0.15) is 0 Å². The Morgan fingerprint density at radius 1 is 1.05 bits per heavy atom. The average molecular weight is 294 g/mol. The molecular weight excluding hydrogens is 272 g/mol. The van der Waals surface area contributed by atoms with E-state index in [0.29, 0.717) is 12.5 Å². The number of carbonyl (C=O) groups is 1. The van der Waals surface area contributed by atoms with Gasteiger partial charge in [0.05, 0.1) is 0 Å². The Bertz CT molecular complexity index is 593. The summed E-state index contributed by atoms with van der Waals surface area (Å²) in [6.07, 6.45) is 7.79. The van der Waals surface area contributed by atoms with E-state index in [1.807, 2.05) is 23.1 Å². The molecule has 1 fully saturated rings. The Morgan fingerprint density at radius 2 is 1.77 bits per heavy atom. The Balaban J connectivity index is 1.66. The molecule has 1 aromatic heterocycles. The van der Waals surface area contributed by atoms with Crippen molar-refractivity contribution < 1.29 is 4.79 Å². The molecule has 1 aromatic carbocycles. The lowest BCUT2D eigenvalue weighted by Gasteiger charge is -2.32. The topological polar surface area (TPSA) is 33.2 Å². The number of aromatic nitrogens is 1. The summed E-state index contributed by atoms with van der Waals surface area (Å²) >= 11 is 0. The van der Waals surface area contributed by atoms with E-state index < -0.39 is 0 Å². The molecule has 1 saturated carbocycles. The van der Waals surface area contributed by atoms with Gasteiger partial charge in [-0.2, -0.15) is 0 Å². The monoisotopic (exact) mass is 294 g/mol. The van der Waals surface area contributed by atoms with Crippen LogP contribution in [-0.2, 0) is 17.8 Å². The van der Waals surface area contributed by atoms with Crippen LogP contribution >= 0.6 is 0 Å². The number of benzene rings is 1. The molecule has 0 bridgehead atoms. The second-order valence-corrected chi connectivity index (χ2v) is 5.98. The van der Waals surface area contributed by atoms with E-state index in [-0.39, 0.29) is 5.92 Å². The SMILES string of the molecule is O=C(C1CCC1)N(CCc1ccccc1)Cc1ccncc1. The fraction of sp³-hybridized carbons (Fsp3) is 0.368. The summed E-state index contributed by atoms with van der Waals surface area (Å²) in [4.78, 5) is 18.7. The van der Waals surface area contributed by atoms with Crippen LogP contribution in [0.2, 0.25) is 0 Å². The van der Waals surface area contributed by atoms with Crippen molar-refractivity contribution in [3.8, 4) is 0 Å². The molecule has 0 saturated heterocycles. The van der Waals surface area contributed by atoms with Gasteiger partial charge in [-0.1, -0.05) is 36.8 Å². The first kappa shape index (κ1) is 14.8. The zero-order chi connectivity index (χ0) is 15.2. The van der Waals surface area contributed by atoms with Gasteiger partial charge in [0.25, 0.3) is 0 Å². The fourth-order valence-corrected chi connectivity index (χ4v) is 2.80. The molecule has 1 heterocycles. The van der Waals surface area contributed by atoms with E-state index in [2.05, 4.69) is 29.2 Å². The first-order chi connectivity index (χ1) is 10.8. The van der Waals surface area contributed by atoms with Crippen LogP contribution in [0.3, 0.4) is 0 Å². The molecule has 3 rings (SSSR count). The van der Waals surface area contributed by atoms with Crippen molar-refractivity contribution in [2.24, 2.45) is 5.92 Å². The third kappa shape index (κ3) is 3.73. The minimum absolute atomic E-state index is 0.248. The van der Waals surface area contributed by atoms with Gasteiger partial charge >= 0.3 is 0 Å². The molecular formula is C19H22N2O. The molecule has 0 aliphatic heterocycles. The lowest BCUT2D eigenvalue weighted by molar-refractivity contribution is -0.138. The van der Waals surface area contributed by atoms with E-state index in [1.54, 1.807) is 12.4 Å². The van der Waals surface area contributed by atoms with E-state index >= 15 is 0 Å². The molecule has 1 aliphatic carbocycles. The zero-order valence-corrected chi connectivity index (χ0v) is 12.8. The first-order valence-electron chi connectivity index (χ1n) is 8.04. The van der Waals surface area contributed by atoms with Gasteiger partial charge in [-0.05, 0) is 42.5 Å². The second kappa shape index (κ2) is 7.21. The number of nitrogens with zero attached hydrogens (tertiary/aromatic N) is 2. The molecule has 0 radical (unpaired) electrons. The van der Waals surface area contributed by atoms with Crippen LogP contribution in [0, 0.1) is 5.92 Å². The highest BCUT2D eigenvalue weighted by Crippen LogP contribution is 2.28. The minimum atomic E-state index is 0.248. The van der Waals surface area contributed by atoms with Crippen molar-refractivity contribution in [2.75, 3.05) is 6.54 Å². The predicted octanol–water partition coefficient (Wildman–Crippen LogP) is 3.45. The van der Waals surface area contributed by atoms with Gasteiger partial charge < -0.3 is 4.90 Å². The van der Waals surface area contributed by atoms with Crippen molar-refractivity contribution in [3.05, 3.63) is 66.0 Å². The van der Waals surface area contributed by atoms with Gasteiger partial charge in [0, 0.05) is 31.4 Å². The number of hydrogen-bond acceptors (Lipinski definition) is 2. The standard InChI is InChI=1S/C19H22N2O/c22-19(18-7-4-8-18)21(15-17-9-12-20-13-10-17)14-11-16-5-2-1-3-6-16/h1-3,5-6,9-10,12-13,18H,4,7-8,11,14-15H2. The van der Waals surface area contributed by atoms with Crippen LogP contribution < -0.4 is 0 Å². The quantitative estimate of drug-likeness (QED) is 0.817. The minimum Gasteiger partial charge on any atom is -0.338 e. The maximum atomic E-state index is 12.7. The highest BCUT2D eigenvalue weighted by atomic mass is 16.2. The highest BCUT2D eigenvalue weighted by molar-refractivity contribution is 5.79. The molecule has 22 heavy (non-hydrogen) atoms. The van der Waals surface area contributed by atoms with Gasteiger partial charge in [-0.3, -0.25) is 9.78 Å². The lowest BCUT2D eigenvalue weighted by atomic mass is 9.84. The van der Waals surface area contributed by atoms with E-state index in [9.17, 15) is 4.79 Å². The van der Waals surface area contributed by atoms with Crippen LogP contribution in [0.25, 0.3) is 0 Å². The summed E-state index contributed by atoms with van der Waals surface area (Å²) in [7, 11) is 0. The van der Waals surface area contributed by atoms with Gasteiger partial charge in [-0.25, -0.2) is 0 Å². The normalized spacial score (nSPS) is 14.4. The molecule has 0 atom stereocenters. The van der Waals surface area contributed by atoms with Crippen LogP contribution in [0.15, 0.2) is 54.9 Å². The molecule has 2 aromatic rings. The van der Waals surface area contributed by atoms with Gasteiger partial charge in [-0.15, -0.1) is 0 Å². The number of carbonyl (C=O) groups excluding carboxylic acids is 1. The van der Waals surface area contributed by atoms with Crippen molar-refractivity contribution in [3.63, 3.8) is 0 Å². The van der Waals surface area contributed by atoms with Gasteiger partial charge in [0.15, 0.2) is 0 Å². The van der Waals surface area contributed by atoms with Crippen LogP contribution in [0.4, 0.5) is 0 Å². The summed E-state index contributed by atoms with van der Waals surface area (Å²) in [6.45, 7) is 1.46. The van der Waals surface area contributed by atoms with Crippen molar-refractivity contribution in [1.82, 2.24) is 9.88 Å². The van der Waals surface area contributed by atoms with Crippen molar-refractivity contribution in [2.45, 2.75) is 32.2 Å². The molecule has 3 nitrogen and oxygen atoms in total. The molecule has 0 spiro atoms. The molecule has 114 valence electrons. The summed E-state index contributed by atoms with van der Waals surface area (Å²) in [5.41, 5.74) is 2.43. The first-order valence-corrected chi connectivity index (χ1v) is 8.04.